The molecule has 0 aliphatic carbocycles. The summed E-state index contributed by atoms with van der Waals surface area (Å²) < 4.78 is 0. The molecule has 0 aromatic heterocycles. The minimum absolute atomic E-state index is 0. The van der Waals surface area contributed by atoms with Gasteiger partial charge in [0.05, 0.1) is 0 Å². The third-order valence-electron chi connectivity index (χ3n) is 0. The van der Waals surface area contributed by atoms with Gasteiger partial charge in [-0.25, -0.2) is 0 Å². The predicted molar refractivity (Wildman–Crippen MR) is 11.5 cm³/mol. The van der Waals surface area contributed by atoms with Crippen molar-refractivity contribution in [1.82, 2.24) is 0 Å². The Morgan fingerprint density at radius 1 is 0.333 bits per heavy atom. The third kappa shape index (κ3) is 29.5. The average molecular weight is 379 g/mol. The number of halogens is 4. The Labute approximate surface area is 96.1 Å². The molecule has 0 fully saturated rings. The van der Waals surface area contributed by atoms with Crippen LogP contribution in [-0.4, -0.2) is 47.8 Å². The van der Waals surface area contributed by atoms with Crippen LogP contribution in [0.1, 0.15) is 0 Å². The summed E-state index contributed by atoms with van der Waals surface area (Å²) in [6.07, 6.45) is 0. The van der Waals surface area contributed by atoms with Crippen molar-refractivity contribution in [2.24, 2.45) is 0 Å². The van der Waals surface area contributed by atoms with E-state index in [-0.39, 0.29) is 97.4 Å². The largest absolute Gasteiger partial charge is 2.00 e. The molecule has 0 aromatic carbocycles. The van der Waals surface area contributed by atoms with Gasteiger partial charge in [-0.1, -0.05) is 0 Å². The standard InChI is InChI=1S/4ClH.2Sn/h4*1H;;/q;;;;2*+2/p-4. The molecule has 0 aromatic rings. The van der Waals surface area contributed by atoms with Crippen molar-refractivity contribution < 1.29 is 49.6 Å². The fraction of sp³-hybridized carbons (Fsp3) is 0. The topological polar surface area (TPSA) is 0 Å². The van der Waals surface area contributed by atoms with Gasteiger partial charge in [-0.3, -0.25) is 0 Å². The van der Waals surface area contributed by atoms with E-state index in [9.17, 15) is 0 Å². The Hall–Kier alpha value is 2.76. The SMILES string of the molecule is [Cl-].[Cl-].[Cl-].[Cl-].[Sn+2].[Sn+2]. The second-order valence-corrected chi connectivity index (χ2v) is 0. The van der Waals surface area contributed by atoms with E-state index in [4.69, 9.17) is 0 Å². The van der Waals surface area contributed by atoms with E-state index in [0.29, 0.717) is 0 Å². The molecule has 0 heterocycles. The van der Waals surface area contributed by atoms with E-state index in [0.717, 1.165) is 0 Å². The summed E-state index contributed by atoms with van der Waals surface area (Å²) in [5.74, 6) is 0. The van der Waals surface area contributed by atoms with Gasteiger partial charge in [0.15, 0.2) is 0 Å². The van der Waals surface area contributed by atoms with Gasteiger partial charge in [0.25, 0.3) is 0 Å². The molecule has 0 unspecified atom stereocenters. The van der Waals surface area contributed by atoms with Crippen LogP contribution in [0.25, 0.3) is 0 Å². The minimum atomic E-state index is 0. The molecule has 4 radical (unpaired) electrons. The van der Waals surface area contributed by atoms with Crippen LogP contribution in [0.2, 0.25) is 0 Å². The summed E-state index contributed by atoms with van der Waals surface area (Å²) in [4.78, 5) is 0. The van der Waals surface area contributed by atoms with Gasteiger partial charge in [-0.05, 0) is 0 Å². The van der Waals surface area contributed by atoms with Gasteiger partial charge in [-0.2, -0.15) is 0 Å². The first kappa shape index (κ1) is 69.3. The van der Waals surface area contributed by atoms with E-state index in [1.807, 2.05) is 0 Å². The Balaban J connectivity index is 0. The first-order chi connectivity index (χ1) is 0. The fourth-order valence-corrected chi connectivity index (χ4v) is 0. The molecule has 0 amide bonds. The van der Waals surface area contributed by atoms with E-state index >= 15 is 0 Å². The number of rotatable bonds is 0. The van der Waals surface area contributed by atoms with Crippen molar-refractivity contribution in [3.8, 4) is 0 Å². The van der Waals surface area contributed by atoms with Crippen molar-refractivity contribution in [3.05, 3.63) is 0 Å². The van der Waals surface area contributed by atoms with Crippen LogP contribution in [0.15, 0.2) is 0 Å². The molecule has 0 N–H and O–H groups in total. The number of hydrogen-bond acceptors (Lipinski definition) is 0. The maximum Gasteiger partial charge on any atom is 2.00 e. The van der Waals surface area contributed by atoms with Crippen molar-refractivity contribution >= 4 is 47.8 Å². The monoisotopic (exact) mass is 380 g/mol. The zero-order valence-corrected chi connectivity index (χ0v) is 11.2. The number of hydrogen-bond donors (Lipinski definition) is 0. The summed E-state index contributed by atoms with van der Waals surface area (Å²) in [5.41, 5.74) is 0. The third-order valence-corrected chi connectivity index (χ3v) is 0. The maximum atomic E-state index is 0. The summed E-state index contributed by atoms with van der Waals surface area (Å²) in [5, 5.41) is 0. The zero-order chi connectivity index (χ0) is 0. The molecule has 36 valence electrons. The fourth-order valence-electron chi connectivity index (χ4n) is 0. The quantitative estimate of drug-likeness (QED) is 0.367. The van der Waals surface area contributed by atoms with Crippen molar-refractivity contribution in [2.45, 2.75) is 0 Å². The molecule has 0 atom stereocenters. The molecule has 0 saturated heterocycles. The van der Waals surface area contributed by atoms with Crippen LogP contribution < -0.4 is 49.6 Å². The molecule has 0 aliphatic heterocycles. The molecule has 0 rings (SSSR count). The van der Waals surface area contributed by atoms with Crippen molar-refractivity contribution in [2.75, 3.05) is 0 Å². The van der Waals surface area contributed by atoms with Crippen molar-refractivity contribution in [3.63, 3.8) is 0 Å². The summed E-state index contributed by atoms with van der Waals surface area (Å²) >= 11 is 0. The average Bonchev–Trinajstić information content (AvgIpc) is 0. The minimum Gasteiger partial charge on any atom is -1.00 e. The molecule has 0 spiro atoms. The molecular weight excluding hydrogens is 379 g/mol. The van der Waals surface area contributed by atoms with Crippen LogP contribution >= 0.6 is 0 Å². The summed E-state index contributed by atoms with van der Waals surface area (Å²) in [6.45, 7) is 0. The molecule has 6 heavy (non-hydrogen) atoms. The summed E-state index contributed by atoms with van der Waals surface area (Å²) in [7, 11) is 0. The molecule has 0 aliphatic rings. The van der Waals surface area contributed by atoms with Gasteiger partial charge in [0.1, 0.15) is 0 Å². The van der Waals surface area contributed by atoms with Crippen LogP contribution in [-0.2, 0) is 0 Å². The maximum absolute atomic E-state index is 0. The molecular formula is Cl4Sn2. The predicted octanol–water partition coefficient (Wildman–Crippen LogP) is -12.7. The first-order valence-corrected chi connectivity index (χ1v) is 0. The van der Waals surface area contributed by atoms with Gasteiger partial charge < -0.3 is 49.6 Å². The molecule has 6 heteroatoms. The molecule has 0 nitrogen and oxygen atoms in total. The van der Waals surface area contributed by atoms with E-state index < -0.39 is 0 Å². The second kappa shape index (κ2) is 46.6. The van der Waals surface area contributed by atoms with Gasteiger partial charge in [-0.15, -0.1) is 0 Å². The second-order valence-electron chi connectivity index (χ2n) is 0. The first-order valence-electron chi connectivity index (χ1n) is 0. The van der Waals surface area contributed by atoms with Crippen LogP contribution in [0.3, 0.4) is 0 Å². The Morgan fingerprint density at radius 3 is 0.333 bits per heavy atom. The normalized spacial score (nSPS) is 0. The van der Waals surface area contributed by atoms with Crippen LogP contribution in [0.5, 0.6) is 0 Å². The zero-order valence-electron chi connectivity index (χ0n) is 2.51. The smallest absolute Gasteiger partial charge is 1.00 e. The van der Waals surface area contributed by atoms with E-state index in [2.05, 4.69) is 0 Å². The summed E-state index contributed by atoms with van der Waals surface area (Å²) in [6, 6.07) is 0. The Morgan fingerprint density at radius 2 is 0.333 bits per heavy atom. The Bertz CT molecular complexity index is 5.51. The molecule has 0 saturated carbocycles. The van der Waals surface area contributed by atoms with Gasteiger partial charge >= 0.3 is 47.8 Å². The van der Waals surface area contributed by atoms with Crippen molar-refractivity contribution in [1.29, 1.82) is 0 Å². The van der Waals surface area contributed by atoms with E-state index in [1.165, 1.54) is 0 Å². The van der Waals surface area contributed by atoms with Crippen LogP contribution in [0.4, 0.5) is 0 Å². The Kier molecular flexibility index (Phi) is 538. The van der Waals surface area contributed by atoms with E-state index in [1.54, 1.807) is 0 Å². The van der Waals surface area contributed by atoms with Crippen LogP contribution in [0, 0.1) is 0 Å². The van der Waals surface area contributed by atoms with Gasteiger partial charge in [0, 0.05) is 0 Å². The molecule has 0 bridgehead atoms. The van der Waals surface area contributed by atoms with Gasteiger partial charge in [0.2, 0.25) is 0 Å².